The van der Waals surface area contributed by atoms with E-state index in [-0.39, 0.29) is 0 Å². The first-order valence-electron chi connectivity index (χ1n) is 7.07. The van der Waals surface area contributed by atoms with Gasteiger partial charge in [-0.05, 0) is 20.0 Å². The summed E-state index contributed by atoms with van der Waals surface area (Å²) >= 11 is 0. The number of aliphatic hydroxyl groups excluding tert-OH is 1. The zero-order valence-corrected chi connectivity index (χ0v) is 13.3. The predicted molar refractivity (Wildman–Crippen MR) is 78.5 cm³/mol. The van der Waals surface area contributed by atoms with E-state index in [1.54, 1.807) is 7.11 Å². The van der Waals surface area contributed by atoms with E-state index in [4.69, 9.17) is 9.47 Å². The summed E-state index contributed by atoms with van der Waals surface area (Å²) in [7, 11) is 5.78. The number of hydrogen-bond donors (Lipinski definition) is 1. The van der Waals surface area contributed by atoms with Crippen LogP contribution in [0.5, 0.6) is 0 Å². The molecule has 0 saturated carbocycles. The summed E-state index contributed by atoms with van der Waals surface area (Å²) in [5.74, 6) is 0.601. The van der Waals surface area contributed by atoms with Crippen molar-refractivity contribution in [3.8, 4) is 0 Å². The molecular formula is C14H32N2O3. The van der Waals surface area contributed by atoms with Gasteiger partial charge in [-0.25, -0.2) is 0 Å². The summed E-state index contributed by atoms with van der Waals surface area (Å²) in [4.78, 5) is 4.46. The quantitative estimate of drug-likeness (QED) is 0.527. The van der Waals surface area contributed by atoms with Gasteiger partial charge in [-0.1, -0.05) is 13.8 Å². The maximum atomic E-state index is 9.98. The van der Waals surface area contributed by atoms with Crippen molar-refractivity contribution in [2.24, 2.45) is 5.92 Å². The Bertz CT molecular complexity index is 201. The highest BCUT2D eigenvalue weighted by molar-refractivity contribution is 4.67. The van der Waals surface area contributed by atoms with Gasteiger partial charge in [0.2, 0.25) is 0 Å². The summed E-state index contributed by atoms with van der Waals surface area (Å²) in [6.45, 7) is 9.53. The topological polar surface area (TPSA) is 45.2 Å². The SMILES string of the molecule is COCCOCC(O)CN(CCN(C)C)CC(C)C. The number of nitrogens with zero attached hydrogens (tertiary/aromatic N) is 2. The predicted octanol–water partition coefficient (Wildman–Crippen LogP) is 0.530. The molecule has 1 unspecified atom stereocenters. The molecule has 1 atom stereocenters. The minimum Gasteiger partial charge on any atom is -0.389 e. The van der Waals surface area contributed by atoms with Gasteiger partial charge >= 0.3 is 0 Å². The smallest absolute Gasteiger partial charge is 0.0900 e. The molecule has 5 nitrogen and oxygen atoms in total. The zero-order valence-electron chi connectivity index (χ0n) is 13.3. The van der Waals surface area contributed by atoms with Crippen LogP contribution >= 0.6 is 0 Å². The van der Waals surface area contributed by atoms with Crippen molar-refractivity contribution in [3.63, 3.8) is 0 Å². The Hall–Kier alpha value is -0.200. The van der Waals surface area contributed by atoms with Gasteiger partial charge in [0.25, 0.3) is 0 Å². The molecular weight excluding hydrogens is 244 g/mol. The normalized spacial score (nSPS) is 13.7. The lowest BCUT2D eigenvalue weighted by Crippen LogP contribution is -2.40. The lowest BCUT2D eigenvalue weighted by Gasteiger charge is -2.27. The van der Waals surface area contributed by atoms with Crippen molar-refractivity contribution in [2.75, 3.05) is 67.2 Å². The van der Waals surface area contributed by atoms with E-state index in [0.29, 0.717) is 32.3 Å². The van der Waals surface area contributed by atoms with Crippen molar-refractivity contribution in [1.82, 2.24) is 9.80 Å². The Morgan fingerprint density at radius 3 is 2.26 bits per heavy atom. The van der Waals surface area contributed by atoms with Crippen molar-refractivity contribution in [2.45, 2.75) is 20.0 Å². The van der Waals surface area contributed by atoms with E-state index in [9.17, 15) is 5.11 Å². The fraction of sp³-hybridized carbons (Fsp3) is 1.00. The van der Waals surface area contributed by atoms with Crippen LogP contribution < -0.4 is 0 Å². The fourth-order valence-corrected chi connectivity index (χ4v) is 1.83. The Kier molecular flexibility index (Phi) is 11.5. The van der Waals surface area contributed by atoms with Gasteiger partial charge in [0.15, 0.2) is 0 Å². The molecule has 19 heavy (non-hydrogen) atoms. The third-order valence-corrected chi connectivity index (χ3v) is 2.70. The Morgan fingerprint density at radius 1 is 1.05 bits per heavy atom. The van der Waals surface area contributed by atoms with Crippen LogP contribution in [0, 0.1) is 5.92 Å². The lowest BCUT2D eigenvalue weighted by atomic mass is 10.2. The maximum absolute atomic E-state index is 9.98. The van der Waals surface area contributed by atoms with Crippen LogP contribution in [0.25, 0.3) is 0 Å². The second-order valence-corrected chi connectivity index (χ2v) is 5.68. The lowest BCUT2D eigenvalue weighted by molar-refractivity contribution is -0.00237. The molecule has 0 aliphatic carbocycles. The molecule has 0 bridgehead atoms. The molecule has 0 aromatic rings. The molecule has 0 fully saturated rings. The molecule has 0 aliphatic heterocycles. The first-order valence-corrected chi connectivity index (χ1v) is 7.07. The van der Waals surface area contributed by atoms with Crippen LogP contribution in [0.3, 0.4) is 0 Å². The van der Waals surface area contributed by atoms with E-state index in [2.05, 4.69) is 37.7 Å². The van der Waals surface area contributed by atoms with Gasteiger partial charge in [-0.15, -0.1) is 0 Å². The van der Waals surface area contributed by atoms with E-state index in [1.165, 1.54) is 0 Å². The molecule has 5 heteroatoms. The van der Waals surface area contributed by atoms with Crippen LogP contribution in [-0.2, 0) is 9.47 Å². The summed E-state index contributed by atoms with van der Waals surface area (Å²) < 4.78 is 10.3. The summed E-state index contributed by atoms with van der Waals surface area (Å²) in [6.07, 6.45) is -0.433. The number of likely N-dealkylation sites (N-methyl/N-ethyl adjacent to an activating group) is 1. The number of rotatable bonds is 12. The number of methoxy groups -OCH3 is 1. The van der Waals surface area contributed by atoms with Crippen LogP contribution in [-0.4, -0.2) is 88.2 Å². The van der Waals surface area contributed by atoms with Gasteiger partial charge in [0.1, 0.15) is 0 Å². The molecule has 0 aromatic heterocycles. The Morgan fingerprint density at radius 2 is 1.74 bits per heavy atom. The first kappa shape index (κ1) is 18.8. The average molecular weight is 276 g/mol. The molecule has 0 spiro atoms. The molecule has 0 amide bonds. The molecule has 116 valence electrons. The molecule has 0 radical (unpaired) electrons. The second kappa shape index (κ2) is 11.6. The summed E-state index contributed by atoms with van der Waals surface area (Å²) in [6, 6.07) is 0. The van der Waals surface area contributed by atoms with Gasteiger partial charge in [-0.3, -0.25) is 4.90 Å². The van der Waals surface area contributed by atoms with E-state index in [0.717, 1.165) is 19.6 Å². The van der Waals surface area contributed by atoms with Crippen LogP contribution in [0.4, 0.5) is 0 Å². The average Bonchev–Trinajstić information content (AvgIpc) is 2.31. The molecule has 0 saturated heterocycles. The monoisotopic (exact) mass is 276 g/mol. The van der Waals surface area contributed by atoms with Gasteiger partial charge in [0.05, 0.1) is 25.9 Å². The van der Waals surface area contributed by atoms with Crippen molar-refractivity contribution in [3.05, 3.63) is 0 Å². The third-order valence-electron chi connectivity index (χ3n) is 2.70. The Labute approximate surface area is 118 Å². The maximum Gasteiger partial charge on any atom is 0.0900 e. The minimum atomic E-state index is -0.433. The highest BCUT2D eigenvalue weighted by Gasteiger charge is 2.13. The zero-order chi connectivity index (χ0) is 14.7. The number of hydrogen-bond acceptors (Lipinski definition) is 5. The highest BCUT2D eigenvalue weighted by atomic mass is 16.5. The fourth-order valence-electron chi connectivity index (χ4n) is 1.83. The van der Waals surface area contributed by atoms with Crippen molar-refractivity contribution in [1.29, 1.82) is 0 Å². The molecule has 0 aliphatic rings. The molecule has 0 aromatic carbocycles. The standard InChI is InChI=1S/C14H32N2O3/c1-13(2)10-16(7-6-15(3)4)11-14(17)12-19-9-8-18-5/h13-14,17H,6-12H2,1-5H3. The first-order chi connectivity index (χ1) is 8.95. The second-order valence-electron chi connectivity index (χ2n) is 5.68. The van der Waals surface area contributed by atoms with E-state index >= 15 is 0 Å². The highest BCUT2D eigenvalue weighted by Crippen LogP contribution is 2.01. The van der Waals surface area contributed by atoms with Crippen molar-refractivity contribution >= 4 is 0 Å². The van der Waals surface area contributed by atoms with E-state index < -0.39 is 6.10 Å². The van der Waals surface area contributed by atoms with Crippen LogP contribution in [0.15, 0.2) is 0 Å². The van der Waals surface area contributed by atoms with Gasteiger partial charge in [0, 0.05) is 33.3 Å². The largest absolute Gasteiger partial charge is 0.389 e. The minimum absolute atomic E-state index is 0.375. The molecule has 0 heterocycles. The molecule has 1 N–H and O–H groups in total. The summed E-state index contributed by atoms with van der Waals surface area (Å²) in [5, 5.41) is 9.98. The van der Waals surface area contributed by atoms with Gasteiger partial charge in [-0.2, -0.15) is 0 Å². The Balaban J connectivity index is 3.93. The van der Waals surface area contributed by atoms with Crippen LogP contribution in [0.2, 0.25) is 0 Å². The van der Waals surface area contributed by atoms with Crippen molar-refractivity contribution < 1.29 is 14.6 Å². The number of aliphatic hydroxyl groups is 1. The number of ether oxygens (including phenoxy) is 2. The summed E-state index contributed by atoms with van der Waals surface area (Å²) in [5.41, 5.74) is 0. The third kappa shape index (κ3) is 12.6. The van der Waals surface area contributed by atoms with Crippen LogP contribution in [0.1, 0.15) is 13.8 Å². The molecule has 0 rings (SSSR count). The van der Waals surface area contributed by atoms with Gasteiger partial charge < -0.3 is 19.5 Å². The van der Waals surface area contributed by atoms with E-state index in [1.807, 2.05) is 0 Å².